The molecule has 24 heavy (non-hydrogen) atoms. The van der Waals surface area contributed by atoms with Crippen LogP contribution in [-0.2, 0) is 20.0 Å². The van der Waals surface area contributed by atoms with E-state index in [1.54, 1.807) is 29.9 Å². The van der Waals surface area contributed by atoms with Gasteiger partial charge in [0.25, 0.3) is 0 Å². The molecular weight excluding hydrogens is 320 g/mol. The predicted octanol–water partition coefficient (Wildman–Crippen LogP) is 2.40. The molecule has 6 nitrogen and oxygen atoms in total. The molecule has 1 unspecified atom stereocenters. The first-order valence-electron chi connectivity index (χ1n) is 8.16. The minimum atomic E-state index is 0.611. The normalized spacial score (nSPS) is 18.3. The molecular formula is C17H20N6S. The van der Waals surface area contributed by atoms with Gasteiger partial charge in [0.1, 0.15) is 5.69 Å². The molecule has 124 valence electrons. The van der Waals surface area contributed by atoms with Gasteiger partial charge >= 0.3 is 0 Å². The molecule has 0 spiro atoms. The summed E-state index contributed by atoms with van der Waals surface area (Å²) < 4.78 is 2.00. The number of hydrogen-bond acceptors (Lipinski definition) is 6. The third-order valence-corrected chi connectivity index (χ3v) is 5.16. The number of imidazole rings is 1. The lowest BCUT2D eigenvalue weighted by molar-refractivity contribution is 0.313. The summed E-state index contributed by atoms with van der Waals surface area (Å²) in [4.78, 5) is 20.4. The Bertz CT molecular complexity index is 797. The van der Waals surface area contributed by atoms with Crippen molar-refractivity contribution < 1.29 is 0 Å². The lowest BCUT2D eigenvalue weighted by Crippen LogP contribution is -2.21. The molecule has 3 aromatic heterocycles. The van der Waals surface area contributed by atoms with Crippen molar-refractivity contribution in [1.82, 2.24) is 29.4 Å². The Kier molecular flexibility index (Phi) is 4.36. The summed E-state index contributed by atoms with van der Waals surface area (Å²) in [6, 6.07) is 0. The first kappa shape index (κ1) is 15.4. The Morgan fingerprint density at radius 3 is 2.88 bits per heavy atom. The number of nitrogens with zero attached hydrogens (tertiary/aromatic N) is 6. The van der Waals surface area contributed by atoms with E-state index in [0.717, 1.165) is 43.3 Å². The number of aromatic nitrogens is 5. The lowest BCUT2D eigenvalue weighted by Gasteiger charge is -2.15. The monoisotopic (exact) mass is 340 g/mol. The molecule has 0 bridgehead atoms. The maximum atomic E-state index is 4.59. The van der Waals surface area contributed by atoms with E-state index in [4.69, 9.17) is 0 Å². The van der Waals surface area contributed by atoms with Crippen LogP contribution in [0.5, 0.6) is 0 Å². The van der Waals surface area contributed by atoms with Crippen LogP contribution >= 0.6 is 11.3 Å². The summed E-state index contributed by atoms with van der Waals surface area (Å²) >= 11 is 1.66. The van der Waals surface area contributed by atoms with Gasteiger partial charge in [-0.05, 0) is 25.3 Å². The van der Waals surface area contributed by atoms with Gasteiger partial charge in [-0.3, -0.25) is 9.88 Å². The molecule has 4 heterocycles. The van der Waals surface area contributed by atoms with Gasteiger partial charge in [-0.25, -0.2) is 15.0 Å². The molecule has 1 aliphatic heterocycles. The summed E-state index contributed by atoms with van der Waals surface area (Å²) in [7, 11) is 1.99. The van der Waals surface area contributed by atoms with E-state index in [1.165, 1.54) is 12.1 Å². The van der Waals surface area contributed by atoms with Gasteiger partial charge in [0.05, 0.1) is 16.9 Å². The van der Waals surface area contributed by atoms with Crippen LogP contribution < -0.4 is 0 Å². The average Bonchev–Trinajstić information content (AvgIpc) is 3.32. The molecule has 0 aromatic carbocycles. The summed E-state index contributed by atoms with van der Waals surface area (Å²) in [5.74, 6) is 1.50. The lowest BCUT2D eigenvalue weighted by atomic mass is 10.0. The maximum absolute atomic E-state index is 4.59. The van der Waals surface area contributed by atoms with Crippen LogP contribution in [0.4, 0.5) is 0 Å². The zero-order valence-electron chi connectivity index (χ0n) is 13.7. The van der Waals surface area contributed by atoms with Gasteiger partial charge in [0.15, 0.2) is 5.82 Å². The fraction of sp³-hybridized carbons (Fsp3) is 0.412. The molecule has 0 N–H and O–H groups in total. The van der Waals surface area contributed by atoms with Crippen molar-refractivity contribution in [1.29, 1.82) is 0 Å². The van der Waals surface area contributed by atoms with Crippen LogP contribution in [0, 0.1) is 5.92 Å². The van der Waals surface area contributed by atoms with Gasteiger partial charge in [-0.15, -0.1) is 11.3 Å². The Labute approximate surface area is 145 Å². The van der Waals surface area contributed by atoms with E-state index in [1.807, 2.05) is 23.3 Å². The van der Waals surface area contributed by atoms with E-state index in [0.29, 0.717) is 5.92 Å². The second kappa shape index (κ2) is 6.78. The molecule has 1 atom stereocenters. The second-order valence-electron chi connectivity index (χ2n) is 6.29. The van der Waals surface area contributed by atoms with Gasteiger partial charge in [-0.2, -0.15) is 0 Å². The highest BCUT2D eigenvalue weighted by atomic mass is 32.1. The minimum absolute atomic E-state index is 0.611. The number of rotatable bonds is 5. The first-order chi connectivity index (χ1) is 11.8. The van der Waals surface area contributed by atoms with Crippen LogP contribution in [0.1, 0.15) is 17.8 Å². The molecule has 1 saturated heterocycles. The molecule has 0 aliphatic carbocycles. The Morgan fingerprint density at radius 2 is 2.08 bits per heavy atom. The van der Waals surface area contributed by atoms with E-state index in [2.05, 4.69) is 30.2 Å². The fourth-order valence-electron chi connectivity index (χ4n) is 3.34. The summed E-state index contributed by atoms with van der Waals surface area (Å²) in [6.07, 6.45) is 9.42. The maximum Gasteiger partial charge on any atom is 0.160 e. The average molecular weight is 340 g/mol. The number of likely N-dealkylation sites (tertiary alicyclic amines) is 1. The number of hydrogen-bond donors (Lipinski definition) is 0. The van der Waals surface area contributed by atoms with Crippen molar-refractivity contribution in [2.24, 2.45) is 13.0 Å². The number of thiazole rings is 1. The molecule has 0 radical (unpaired) electrons. The molecule has 0 saturated carbocycles. The van der Waals surface area contributed by atoms with Crippen LogP contribution in [0.2, 0.25) is 0 Å². The van der Waals surface area contributed by atoms with Crippen molar-refractivity contribution in [2.45, 2.75) is 19.4 Å². The van der Waals surface area contributed by atoms with Crippen molar-refractivity contribution >= 4 is 11.3 Å². The Balaban J connectivity index is 1.46. The summed E-state index contributed by atoms with van der Waals surface area (Å²) in [5, 5.41) is 2.13. The molecule has 0 amide bonds. The van der Waals surface area contributed by atoms with Crippen LogP contribution in [-0.4, -0.2) is 42.5 Å². The zero-order valence-corrected chi connectivity index (χ0v) is 14.5. The van der Waals surface area contributed by atoms with Crippen LogP contribution in [0.25, 0.3) is 11.5 Å². The number of aryl methyl sites for hydroxylation is 1. The topological polar surface area (TPSA) is 59.7 Å². The second-order valence-corrected chi connectivity index (χ2v) is 7.01. The third kappa shape index (κ3) is 3.22. The minimum Gasteiger partial charge on any atom is -0.333 e. The molecule has 4 rings (SSSR count). The van der Waals surface area contributed by atoms with Crippen molar-refractivity contribution in [2.75, 3.05) is 13.1 Å². The van der Waals surface area contributed by atoms with Gasteiger partial charge in [-0.1, -0.05) is 0 Å². The van der Waals surface area contributed by atoms with E-state index in [9.17, 15) is 0 Å². The van der Waals surface area contributed by atoms with Gasteiger partial charge in [0, 0.05) is 50.3 Å². The van der Waals surface area contributed by atoms with Crippen molar-refractivity contribution in [3.8, 4) is 11.5 Å². The van der Waals surface area contributed by atoms with Gasteiger partial charge in [0.2, 0.25) is 0 Å². The van der Waals surface area contributed by atoms with Crippen molar-refractivity contribution in [3.63, 3.8) is 0 Å². The zero-order chi connectivity index (χ0) is 16.4. The Hall–Kier alpha value is -2.12. The van der Waals surface area contributed by atoms with Gasteiger partial charge < -0.3 is 4.57 Å². The van der Waals surface area contributed by atoms with E-state index in [-0.39, 0.29) is 0 Å². The Morgan fingerprint density at radius 1 is 1.17 bits per heavy atom. The smallest absolute Gasteiger partial charge is 0.160 e. The highest BCUT2D eigenvalue weighted by Gasteiger charge is 2.25. The third-order valence-electron chi connectivity index (χ3n) is 4.53. The highest BCUT2D eigenvalue weighted by Crippen LogP contribution is 2.25. The fourth-order valence-corrected chi connectivity index (χ4v) is 3.89. The van der Waals surface area contributed by atoms with Crippen LogP contribution in [0.3, 0.4) is 0 Å². The highest BCUT2D eigenvalue weighted by molar-refractivity contribution is 7.07. The SMILES string of the molecule is Cn1ccnc1-c1nccnc1CC1CCN(Cc2cscn2)C1. The molecule has 7 heteroatoms. The molecule has 1 fully saturated rings. The standard InChI is InChI=1S/C17H20N6S/c1-22-7-5-20-17(22)16-15(18-3-4-19-16)8-13-2-6-23(9-13)10-14-11-24-12-21-14/h3-5,7,11-13H,2,6,8-10H2,1H3. The summed E-state index contributed by atoms with van der Waals surface area (Å²) in [6.45, 7) is 3.17. The molecule has 3 aromatic rings. The quantitative estimate of drug-likeness (QED) is 0.714. The summed E-state index contributed by atoms with van der Waals surface area (Å²) in [5.41, 5.74) is 5.03. The van der Waals surface area contributed by atoms with Crippen LogP contribution in [0.15, 0.2) is 35.7 Å². The first-order valence-corrected chi connectivity index (χ1v) is 9.11. The molecule has 1 aliphatic rings. The largest absolute Gasteiger partial charge is 0.333 e. The van der Waals surface area contributed by atoms with E-state index >= 15 is 0 Å². The predicted molar refractivity (Wildman–Crippen MR) is 93.4 cm³/mol. The van der Waals surface area contributed by atoms with Crippen molar-refractivity contribution in [3.05, 3.63) is 47.1 Å². The van der Waals surface area contributed by atoms with E-state index < -0.39 is 0 Å².